The molecule has 0 bridgehead atoms. The van der Waals surface area contributed by atoms with Crippen LogP contribution in [0.3, 0.4) is 0 Å². The second kappa shape index (κ2) is 8.34. The molecule has 8 heteroatoms. The van der Waals surface area contributed by atoms with Crippen molar-refractivity contribution < 1.29 is 27.4 Å². The molecular formula is C20H20F3NO3S. The maximum atomic E-state index is 13.4. The molecule has 1 heterocycles. The van der Waals surface area contributed by atoms with E-state index in [4.69, 9.17) is 9.47 Å². The Morgan fingerprint density at radius 2 is 1.82 bits per heavy atom. The normalized spacial score (nSPS) is 17.1. The number of carbonyl (C=O) groups is 1. The van der Waals surface area contributed by atoms with Gasteiger partial charge in [0.05, 0.1) is 25.5 Å². The zero-order chi connectivity index (χ0) is 20.3. The number of halogens is 3. The van der Waals surface area contributed by atoms with Crippen molar-refractivity contribution in [3.05, 3.63) is 59.2 Å². The molecule has 0 aromatic heterocycles. The van der Waals surface area contributed by atoms with Gasteiger partial charge in [-0.3, -0.25) is 4.79 Å². The van der Waals surface area contributed by atoms with Crippen LogP contribution in [-0.2, 0) is 17.4 Å². The Hall–Kier alpha value is -2.35. The molecule has 1 aliphatic heterocycles. The molecule has 0 radical (unpaired) electrons. The van der Waals surface area contributed by atoms with Crippen LogP contribution >= 0.6 is 11.8 Å². The van der Waals surface area contributed by atoms with Crippen LogP contribution in [0.4, 0.5) is 13.2 Å². The molecule has 1 saturated heterocycles. The van der Waals surface area contributed by atoms with E-state index < -0.39 is 17.1 Å². The second-order valence-corrected chi connectivity index (χ2v) is 7.34. The smallest absolute Gasteiger partial charge is 0.416 e. The number of thioether (sulfide) groups is 1. The van der Waals surface area contributed by atoms with Gasteiger partial charge in [0.2, 0.25) is 5.91 Å². The predicted molar refractivity (Wildman–Crippen MR) is 102 cm³/mol. The molecule has 1 amide bonds. The van der Waals surface area contributed by atoms with Gasteiger partial charge in [0, 0.05) is 6.54 Å². The first kappa shape index (κ1) is 20.4. The summed E-state index contributed by atoms with van der Waals surface area (Å²) in [6, 6.07) is 10.9. The summed E-state index contributed by atoms with van der Waals surface area (Å²) in [6.45, 7) is 0.318. The van der Waals surface area contributed by atoms with Gasteiger partial charge in [-0.1, -0.05) is 24.3 Å². The van der Waals surface area contributed by atoms with E-state index in [9.17, 15) is 18.0 Å². The highest BCUT2D eigenvalue weighted by molar-refractivity contribution is 8.00. The summed E-state index contributed by atoms with van der Waals surface area (Å²) in [5.74, 6) is 1.17. The van der Waals surface area contributed by atoms with Crippen molar-refractivity contribution in [2.75, 3.05) is 26.5 Å². The van der Waals surface area contributed by atoms with Crippen LogP contribution in [0, 0.1) is 0 Å². The summed E-state index contributed by atoms with van der Waals surface area (Å²) in [4.78, 5) is 13.9. The number of nitrogens with zero attached hydrogens (tertiary/aromatic N) is 1. The molecule has 3 rings (SSSR count). The second-order valence-electron chi connectivity index (χ2n) is 6.27. The number of benzene rings is 2. The van der Waals surface area contributed by atoms with Crippen molar-refractivity contribution >= 4 is 17.7 Å². The third-order valence-corrected chi connectivity index (χ3v) is 5.83. The maximum Gasteiger partial charge on any atom is 0.416 e. The predicted octanol–water partition coefficient (Wildman–Crippen LogP) is 4.54. The van der Waals surface area contributed by atoms with Gasteiger partial charge < -0.3 is 14.4 Å². The zero-order valence-corrected chi connectivity index (χ0v) is 16.3. The van der Waals surface area contributed by atoms with Crippen LogP contribution in [0.2, 0.25) is 0 Å². The largest absolute Gasteiger partial charge is 0.493 e. The van der Waals surface area contributed by atoms with Crippen molar-refractivity contribution in [2.45, 2.75) is 18.0 Å². The number of hydrogen-bond acceptors (Lipinski definition) is 4. The Morgan fingerprint density at radius 3 is 2.50 bits per heavy atom. The first-order valence-corrected chi connectivity index (χ1v) is 9.68. The number of alkyl halides is 3. The molecule has 1 aliphatic rings. The third kappa shape index (κ3) is 4.22. The summed E-state index contributed by atoms with van der Waals surface area (Å²) in [7, 11) is 3.08. The van der Waals surface area contributed by atoms with Gasteiger partial charge in [0.25, 0.3) is 0 Å². The van der Waals surface area contributed by atoms with Crippen LogP contribution < -0.4 is 9.47 Å². The number of ether oxygens (including phenoxy) is 2. The lowest BCUT2D eigenvalue weighted by molar-refractivity contribution is -0.139. The molecule has 2 aromatic carbocycles. The molecule has 28 heavy (non-hydrogen) atoms. The van der Waals surface area contributed by atoms with E-state index in [0.717, 1.165) is 11.6 Å². The van der Waals surface area contributed by atoms with E-state index in [1.807, 2.05) is 12.1 Å². The Kier molecular flexibility index (Phi) is 6.07. The summed E-state index contributed by atoms with van der Waals surface area (Å²) in [5.41, 5.74) is 0.335. The fourth-order valence-electron chi connectivity index (χ4n) is 3.21. The van der Waals surface area contributed by atoms with Gasteiger partial charge in [0.1, 0.15) is 5.37 Å². The lowest BCUT2D eigenvalue weighted by Crippen LogP contribution is -2.31. The highest BCUT2D eigenvalue weighted by atomic mass is 32.2. The monoisotopic (exact) mass is 411 g/mol. The average Bonchev–Trinajstić information content (AvgIpc) is 3.05. The summed E-state index contributed by atoms with van der Waals surface area (Å²) < 4.78 is 50.7. The lowest BCUT2D eigenvalue weighted by atomic mass is 10.1. The van der Waals surface area contributed by atoms with E-state index in [-0.39, 0.29) is 17.2 Å². The fraction of sp³-hybridized carbons (Fsp3) is 0.350. The van der Waals surface area contributed by atoms with E-state index in [1.165, 1.54) is 35.9 Å². The fourth-order valence-corrected chi connectivity index (χ4v) is 4.46. The molecule has 1 fully saturated rings. The summed E-state index contributed by atoms with van der Waals surface area (Å²) in [6.07, 6.45) is -3.96. The van der Waals surface area contributed by atoms with Gasteiger partial charge >= 0.3 is 6.18 Å². The molecule has 1 unspecified atom stereocenters. The molecule has 2 aromatic rings. The van der Waals surface area contributed by atoms with Crippen LogP contribution in [0.15, 0.2) is 42.5 Å². The van der Waals surface area contributed by atoms with Gasteiger partial charge in [0.15, 0.2) is 11.5 Å². The Morgan fingerprint density at radius 1 is 1.11 bits per heavy atom. The SMILES string of the molecule is COc1ccc(CCN2C(=O)CSC2c2ccccc2C(F)(F)F)cc1OC. The van der Waals surface area contributed by atoms with Crippen molar-refractivity contribution in [3.63, 3.8) is 0 Å². The summed E-state index contributed by atoms with van der Waals surface area (Å²) in [5, 5.41) is -0.648. The number of hydrogen-bond donors (Lipinski definition) is 0. The Labute approximate surface area is 165 Å². The highest BCUT2D eigenvalue weighted by Gasteiger charge is 2.40. The maximum absolute atomic E-state index is 13.4. The molecule has 150 valence electrons. The highest BCUT2D eigenvalue weighted by Crippen LogP contribution is 2.44. The van der Waals surface area contributed by atoms with Crippen molar-refractivity contribution in [1.29, 1.82) is 0 Å². The standard InChI is InChI=1S/C20H20F3NO3S/c1-26-16-8-7-13(11-17(16)27-2)9-10-24-18(25)12-28-19(24)14-5-3-4-6-15(14)20(21,22)23/h3-8,11,19H,9-10,12H2,1-2H3. The van der Waals surface area contributed by atoms with E-state index >= 15 is 0 Å². The molecular weight excluding hydrogens is 391 g/mol. The van der Waals surface area contributed by atoms with Gasteiger partial charge in [-0.05, 0) is 35.7 Å². The molecule has 0 N–H and O–H groups in total. The molecule has 0 spiro atoms. The van der Waals surface area contributed by atoms with Crippen LogP contribution in [0.25, 0.3) is 0 Å². The van der Waals surface area contributed by atoms with E-state index in [1.54, 1.807) is 19.2 Å². The molecule has 1 atom stereocenters. The van der Waals surface area contributed by atoms with Gasteiger partial charge in [-0.25, -0.2) is 0 Å². The molecule has 4 nitrogen and oxygen atoms in total. The van der Waals surface area contributed by atoms with Crippen molar-refractivity contribution in [1.82, 2.24) is 4.90 Å². The number of carbonyl (C=O) groups excluding carboxylic acids is 1. The zero-order valence-electron chi connectivity index (χ0n) is 15.5. The number of methoxy groups -OCH3 is 2. The minimum atomic E-state index is -4.46. The first-order valence-electron chi connectivity index (χ1n) is 8.63. The van der Waals surface area contributed by atoms with E-state index in [2.05, 4.69) is 0 Å². The average molecular weight is 411 g/mol. The van der Waals surface area contributed by atoms with Gasteiger partial charge in [-0.2, -0.15) is 13.2 Å². The number of amides is 1. The quantitative estimate of drug-likeness (QED) is 0.700. The Bertz CT molecular complexity index is 857. The first-order chi connectivity index (χ1) is 13.3. The summed E-state index contributed by atoms with van der Waals surface area (Å²) >= 11 is 1.22. The third-order valence-electron chi connectivity index (χ3n) is 4.59. The topological polar surface area (TPSA) is 38.8 Å². The van der Waals surface area contributed by atoms with Crippen LogP contribution in [0.1, 0.15) is 22.1 Å². The molecule has 0 aliphatic carbocycles. The van der Waals surface area contributed by atoms with E-state index in [0.29, 0.717) is 24.5 Å². The van der Waals surface area contributed by atoms with Crippen LogP contribution in [-0.4, -0.2) is 37.3 Å². The lowest BCUT2D eigenvalue weighted by Gasteiger charge is -2.26. The van der Waals surface area contributed by atoms with Crippen molar-refractivity contribution in [3.8, 4) is 11.5 Å². The minimum Gasteiger partial charge on any atom is -0.493 e. The van der Waals surface area contributed by atoms with Gasteiger partial charge in [-0.15, -0.1) is 11.8 Å². The van der Waals surface area contributed by atoms with Crippen LogP contribution in [0.5, 0.6) is 11.5 Å². The van der Waals surface area contributed by atoms with Crippen molar-refractivity contribution in [2.24, 2.45) is 0 Å². The molecule has 0 saturated carbocycles. The number of rotatable bonds is 6. The Balaban J connectivity index is 1.81. The minimum absolute atomic E-state index is 0.123.